The van der Waals surface area contributed by atoms with Gasteiger partial charge in [-0.05, 0) is 17.5 Å². The van der Waals surface area contributed by atoms with E-state index in [0.29, 0.717) is 13.2 Å². The third-order valence-corrected chi connectivity index (χ3v) is 3.54. The molecule has 1 aliphatic heterocycles. The monoisotopic (exact) mass is 257 g/mol. The average molecular weight is 257 g/mol. The molecule has 1 aromatic carbocycles. The normalized spacial score (nSPS) is 18.1. The number of aromatic nitrogens is 2. The minimum atomic E-state index is 0.208. The fourth-order valence-corrected chi connectivity index (χ4v) is 2.61. The Labute approximate surface area is 113 Å². The van der Waals surface area contributed by atoms with Crippen molar-refractivity contribution in [2.24, 2.45) is 7.05 Å². The van der Waals surface area contributed by atoms with Gasteiger partial charge in [0.25, 0.3) is 0 Å². The van der Waals surface area contributed by atoms with Crippen LogP contribution in [-0.4, -0.2) is 16.4 Å². The maximum atomic E-state index is 5.67. The standard InChI is InChI=1S/C15H19N3O/c1-3-13-14(8-18(2)17-13)16-15-10-19-9-11-6-4-5-7-12(11)15/h4-8,15-16H,3,9-10H2,1-2H3. The number of hydrogen-bond acceptors (Lipinski definition) is 3. The highest BCUT2D eigenvalue weighted by molar-refractivity contribution is 5.49. The van der Waals surface area contributed by atoms with E-state index in [2.05, 4.69) is 41.6 Å². The van der Waals surface area contributed by atoms with E-state index in [9.17, 15) is 0 Å². The smallest absolute Gasteiger partial charge is 0.0853 e. The molecule has 0 saturated carbocycles. The molecule has 4 heteroatoms. The number of benzene rings is 1. The van der Waals surface area contributed by atoms with Gasteiger partial charge in [-0.25, -0.2) is 0 Å². The molecule has 4 nitrogen and oxygen atoms in total. The summed E-state index contributed by atoms with van der Waals surface area (Å²) in [6, 6.07) is 8.67. The molecule has 2 heterocycles. The molecule has 0 bridgehead atoms. The van der Waals surface area contributed by atoms with Gasteiger partial charge in [0.15, 0.2) is 0 Å². The van der Waals surface area contributed by atoms with Crippen LogP contribution in [0, 0.1) is 0 Å². The molecule has 3 rings (SSSR count). The van der Waals surface area contributed by atoms with Crippen LogP contribution in [0.4, 0.5) is 5.69 Å². The van der Waals surface area contributed by atoms with E-state index in [-0.39, 0.29) is 6.04 Å². The van der Waals surface area contributed by atoms with E-state index in [4.69, 9.17) is 4.74 Å². The van der Waals surface area contributed by atoms with Gasteiger partial charge in [0.1, 0.15) is 0 Å². The summed E-state index contributed by atoms with van der Waals surface area (Å²) < 4.78 is 7.53. The van der Waals surface area contributed by atoms with Gasteiger partial charge in [-0.15, -0.1) is 0 Å². The van der Waals surface area contributed by atoms with E-state index in [0.717, 1.165) is 17.8 Å². The van der Waals surface area contributed by atoms with Crippen molar-refractivity contribution < 1.29 is 4.74 Å². The predicted molar refractivity (Wildman–Crippen MR) is 75.0 cm³/mol. The number of rotatable bonds is 3. The molecule has 1 N–H and O–H groups in total. The number of nitrogens with one attached hydrogen (secondary N) is 1. The second kappa shape index (κ2) is 5.05. The number of hydrogen-bond donors (Lipinski definition) is 1. The number of nitrogens with zero attached hydrogens (tertiary/aromatic N) is 2. The Kier molecular flexibility index (Phi) is 3.25. The van der Waals surface area contributed by atoms with Crippen LogP contribution in [0.3, 0.4) is 0 Å². The minimum absolute atomic E-state index is 0.208. The molecule has 0 amide bonds. The lowest BCUT2D eigenvalue weighted by Gasteiger charge is -2.27. The molecule has 0 aliphatic carbocycles. The quantitative estimate of drug-likeness (QED) is 0.918. The Morgan fingerprint density at radius 2 is 2.26 bits per heavy atom. The Balaban J connectivity index is 1.88. The topological polar surface area (TPSA) is 39.1 Å². The molecule has 0 spiro atoms. The van der Waals surface area contributed by atoms with Crippen LogP contribution in [0.5, 0.6) is 0 Å². The lowest BCUT2D eigenvalue weighted by molar-refractivity contribution is 0.0970. The Bertz CT molecular complexity index is 577. The fourth-order valence-electron chi connectivity index (χ4n) is 2.61. The molecule has 0 radical (unpaired) electrons. The van der Waals surface area contributed by atoms with Crippen LogP contribution in [-0.2, 0) is 24.8 Å². The zero-order valence-electron chi connectivity index (χ0n) is 11.4. The van der Waals surface area contributed by atoms with Crippen LogP contribution in [0.15, 0.2) is 30.5 Å². The van der Waals surface area contributed by atoms with Gasteiger partial charge in [-0.2, -0.15) is 5.10 Å². The SMILES string of the molecule is CCc1nn(C)cc1NC1COCc2ccccc21. The highest BCUT2D eigenvalue weighted by atomic mass is 16.5. The second-order valence-electron chi connectivity index (χ2n) is 4.93. The van der Waals surface area contributed by atoms with E-state index in [1.165, 1.54) is 11.1 Å². The van der Waals surface area contributed by atoms with Crippen molar-refractivity contribution in [2.45, 2.75) is 26.0 Å². The van der Waals surface area contributed by atoms with Crippen LogP contribution < -0.4 is 5.32 Å². The number of fused-ring (bicyclic) bond motifs is 1. The van der Waals surface area contributed by atoms with Crippen molar-refractivity contribution in [3.63, 3.8) is 0 Å². The largest absolute Gasteiger partial charge is 0.374 e. The average Bonchev–Trinajstić information content (AvgIpc) is 2.79. The van der Waals surface area contributed by atoms with Gasteiger partial charge in [0, 0.05) is 13.2 Å². The van der Waals surface area contributed by atoms with E-state index in [1.807, 2.05) is 17.9 Å². The van der Waals surface area contributed by atoms with Gasteiger partial charge in [-0.1, -0.05) is 31.2 Å². The van der Waals surface area contributed by atoms with Gasteiger partial charge in [0.2, 0.25) is 0 Å². The van der Waals surface area contributed by atoms with Crippen molar-refractivity contribution in [3.8, 4) is 0 Å². The fraction of sp³-hybridized carbons (Fsp3) is 0.400. The summed E-state index contributed by atoms with van der Waals surface area (Å²) >= 11 is 0. The van der Waals surface area contributed by atoms with Gasteiger partial charge in [-0.3, -0.25) is 4.68 Å². The molecule has 1 aromatic heterocycles. The summed E-state index contributed by atoms with van der Waals surface area (Å²) in [5.74, 6) is 0. The van der Waals surface area contributed by atoms with E-state index >= 15 is 0 Å². The van der Waals surface area contributed by atoms with Crippen LogP contribution in [0.1, 0.15) is 29.8 Å². The molecule has 1 atom stereocenters. The van der Waals surface area contributed by atoms with Crippen LogP contribution >= 0.6 is 0 Å². The van der Waals surface area contributed by atoms with Crippen LogP contribution in [0.25, 0.3) is 0 Å². The molecule has 2 aromatic rings. The zero-order chi connectivity index (χ0) is 13.2. The molecule has 0 fully saturated rings. The Morgan fingerprint density at radius 3 is 3.11 bits per heavy atom. The minimum Gasteiger partial charge on any atom is -0.374 e. The summed E-state index contributed by atoms with van der Waals surface area (Å²) in [7, 11) is 1.95. The third kappa shape index (κ3) is 2.36. The molecular weight excluding hydrogens is 238 g/mol. The van der Waals surface area contributed by atoms with Gasteiger partial charge >= 0.3 is 0 Å². The highest BCUT2D eigenvalue weighted by Gasteiger charge is 2.21. The first kappa shape index (κ1) is 12.2. The van der Waals surface area contributed by atoms with Crippen molar-refractivity contribution in [1.29, 1.82) is 0 Å². The third-order valence-electron chi connectivity index (χ3n) is 3.54. The first-order valence-corrected chi connectivity index (χ1v) is 6.72. The van der Waals surface area contributed by atoms with E-state index in [1.54, 1.807) is 0 Å². The molecule has 1 aliphatic rings. The Hall–Kier alpha value is -1.81. The number of ether oxygens (including phenoxy) is 1. The van der Waals surface area contributed by atoms with Crippen molar-refractivity contribution in [3.05, 3.63) is 47.3 Å². The summed E-state index contributed by atoms with van der Waals surface area (Å²) in [6.45, 7) is 3.54. The Morgan fingerprint density at radius 1 is 1.42 bits per heavy atom. The first-order valence-electron chi connectivity index (χ1n) is 6.72. The summed E-state index contributed by atoms with van der Waals surface area (Å²) in [6.07, 6.45) is 2.97. The second-order valence-corrected chi connectivity index (χ2v) is 4.93. The van der Waals surface area contributed by atoms with Crippen molar-refractivity contribution in [1.82, 2.24) is 9.78 Å². The maximum Gasteiger partial charge on any atom is 0.0853 e. The van der Waals surface area contributed by atoms with Gasteiger partial charge in [0.05, 0.1) is 30.6 Å². The van der Waals surface area contributed by atoms with Crippen molar-refractivity contribution >= 4 is 5.69 Å². The summed E-state index contributed by atoms with van der Waals surface area (Å²) in [5, 5.41) is 8.03. The number of aryl methyl sites for hydroxylation is 2. The first-order chi connectivity index (χ1) is 9.28. The van der Waals surface area contributed by atoms with Crippen LogP contribution in [0.2, 0.25) is 0 Å². The number of anilines is 1. The maximum absolute atomic E-state index is 5.67. The molecule has 0 saturated heterocycles. The van der Waals surface area contributed by atoms with Gasteiger partial charge < -0.3 is 10.1 Å². The molecule has 19 heavy (non-hydrogen) atoms. The lowest BCUT2D eigenvalue weighted by Crippen LogP contribution is -2.23. The molecule has 1 unspecified atom stereocenters. The highest BCUT2D eigenvalue weighted by Crippen LogP contribution is 2.28. The summed E-state index contributed by atoms with van der Waals surface area (Å²) in [4.78, 5) is 0. The van der Waals surface area contributed by atoms with E-state index < -0.39 is 0 Å². The molecular formula is C15H19N3O. The molecule has 100 valence electrons. The summed E-state index contributed by atoms with van der Waals surface area (Å²) in [5.41, 5.74) is 4.81. The van der Waals surface area contributed by atoms with Crippen molar-refractivity contribution in [2.75, 3.05) is 11.9 Å². The lowest BCUT2D eigenvalue weighted by atomic mass is 9.99. The predicted octanol–water partition coefficient (Wildman–Crippen LogP) is 2.67. The zero-order valence-corrected chi connectivity index (χ0v) is 11.4.